The molecule has 0 unspecified atom stereocenters. The number of carbonyl (C=O) groups excluding carboxylic acids is 2. The average molecular weight is 265 g/mol. The highest BCUT2D eigenvalue weighted by Gasteiger charge is 2.07. The van der Waals surface area contributed by atoms with Crippen molar-refractivity contribution in [2.24, 2.45) is 5.73 Å². The summed E-state index contributed by atoms with van der Waals surface area (Å²) in [5, 5.41) is 2.02. The van der Waals surface area contributed by atoms with E-state index < -0.39 is 11.9 Å². The molecule has 0 aromatic heterocycles. The van der Waals surface area contributed by atoms with Gasteiger partial charge in [0, 0.05) is 6.54 Å². The van der Waals surface area contributed by atoms with Crippen molar-refractivity contribution in [3.63, 3.8) is 0 Å². The summed E-state index contributed by atoms with van der Waals surface area (Å²) < 4.78 is 5.52. The lowest BCUT2D eigenvalue weighted by molar-refractivity contribution is -0.120. The normalized spacial score (nSPS) is 10.2. The predicted molar refractivity (Wildman–Crippen MR) is 71.8 cm³/mol. The minimum atomic E-state index is -0.828. The third kappa shape index (κ3) is 7.05. The van der Waals surface area contributed by atoms with Crippen LogP contribution >= 0.6 is 0 Å². The van der Waals surface area contributed by atoms with Crippen LogP contribution in [0.1, 0.15) is 6.42 Å². The fraction of sp³-hybridized carbons (Fsp3) is 0.385. The van der Waals surface area contributed by atoms with Gasteiger partial charge in [0.05, 0.1) is 13.2 Å². The molecule has 19 heavy (non-hydrogen) atoms. The van der Waals surface area contributed by atoms with Crippen molar-refractivity contribution in [3.8, 4) is 5.75 Å². The third-order valence-corrected chi connectivity index (χ3v) is 2.37. The minimum Gasteiger partial charge on any atom is -0.494 e. The summed E-state index contributed by atoms with van der Waals surface area (Å²) in [6.45, 7) is 1.40. The monoisotopic (exact) mass is 265 g/mol. The zero-order valence-corrected chi connectivity index (χ0v) is 11.0. The van der Waals surface area contributed by atoms with Gasteiger partial charge < -0.3 is 10.5 Å². The Kier molecular flexibility index (Phi) is 6.38. The highest BCUT2D eigenvalue weighted by molar-refractivity contribution is 5.94. The van der Waals surface area contributed by atoms with Crippen LogP contribution in [0.25, 0.3) is 0 Å². The number of hydrogen-bond donors (Lipinski definition) is 2. The van der Waals surface area contributed by atoms with Crippen LogP contribution in [0.4, 0.5) is 4.79 Å². The molecule has 1 aromatic carbocycles. The zero-order valence-electron chi connectivity index (χ0n) is 11.0. The lowest BCUT2D eigenvalue weighted by Gasteiger charge is -2.15. The SMILES string of the molecule is CN(CCCOc1ccccc1)CC(=O)NC(N)=O. The summed E-state index contributed by atoms with van der Waals surface area (Å²) in [5.41, 5.74) is 4.85. The van der Waals surface area contributed by atoms with E-state index in [1.54, 1.807) is 11.9 Å². The maximum Gasteiger partial charge on any atom is 0.318 e. The summed E-state index contributed by atoms with van der Waals surface area (Å²) >= 11 is 0. The molecular formula is C13H19N3O3. The fourth-order valence-electron chi connectivity index (χ4n) is 1.54. The minimum absolute atomic E-state index is 0.133. The molecule has 0 atom stereocenters. The molecule has 6 heteroatoms. The number of urea groups is 1. The Morgan fingerprint density at radius 1 is 1.32 bits per heavy atom. The molecule has 0 bridgehead atoms. The van der Waals surface area contributed by atoms with E-state index in [4.69, 9.17) is 10.5 Å². The number of likely N-dealkylation sites (N-methyl/N-ethyl adjacent to an activating group) is 1. The van der Waals surface area contributed by atoms with Crippen LogP contribution in [0.15, 0.2) is 30.3 Å². The van der Waals surface area contributed by atoms with Crippen molar-refractivity contribution in [1.82, 2.24) is 10.2 Å². The lowest BCUT2D eigenvalue weighted by atomic mass is 10.3. The van der Waals surface area contributed by atoms with Gasteiger partial charge in [-0.2, -0.15) is 0 Å². The van der Waals surface area contributed by atoms with Gasteiger partial charge in [0.15, 0.2) is 0 Å². The molecule has 0 radical (unpaired) electrons. The van der Waals surface area contributed by atoms with Gasteiger partial charge in [0.2, 0.25) is 5.91 Å². The number of imide groups is 1. The number of nitrogens with zero attached hydrogens (tertiary/aromatic N) is 1. The Morgan fingerprint density at radius 2 is 2.00 bits per heavy atom. The molecule has 0 fully saturated rings. The van der Waals surface area contributed by atoms with Gasteiger partial charge >= 0.3 is 6.03 Å². The number of amides is 3. The van der Waals surface area contributed by atoms with Crippen molar-refractivity contribution in [3.05, 3.63) is 30.3 Å². The molecule has 0 saturated heterocycles. The Morgan fingerprint density at radius 3 is 2.63 bits per heavy atom. The van der Waals surface area contributed by atoms with Gasteiger partial charge in [-0.1, -0.05) is 18.2 Å². The first-order valence-corrected chi connectivity index (χ1v) is 6.03. The van der Waals surface area contributed by atoms with Crippen molar-refractivity contribution < 1.29 is 14.3 Å². The second-order valence-corrected chi connectivity index (χ2v) is 4.17. The topological polar surface area (TPSA) is 84.7 Å². The maximum atomic E-state index is 11.2. The van der Waals surface area contributed by atoms with E-state index in [2.05, 4.69) is 0 Å². The zero-order chi connectivity index (χ0) is 14.1. The maximum absolute atomic E-state index is 11.2. The lowest BCUT2D eigenvalue weighted by Crippen LogP contribution is -2.41. The molecule has 3 N–H and O–H groups in total. The van der Waals surface area contributed by atoms with Crippen molar-refractivity contribution >= 4 is 11.9 Å². The Hall–Kier alpha value is -2.08. The molecule has 6 nitrogen and oxygen atoms in total. The summed E-state index contributed by atoms with van der Waals surface area (Å²) in [5.74, 6) is 0.426. The van der Waals surface area contributed by atoms with Gasteiger partial charge in [-0.15, -0.1) is 0 Å². The van der Waals surface area contributed by atoms with E-state index in [0.717, 1.165) is 12.2 Å². The number of nitrogens with two attached hydrogens (primary N) is 1. The van der Waals surface area contributed by atoms with Crippen molar-refractivity contribution in [2.75, 3.05) is 26.7 Å². The molecule has 1 rings (SSSR count). The first-order chi connectivity index (χ1) is 9.08. The Balaban J connectivity index is 2.12. The number of carbonyl (C=O) groups is 2. The van der Waals surface area contributed by atoms with Crippen LogP contribution in [0, 0.1) is 0 Å². The van der Waals surface area contributed by atoms with E-state index in [1.165, 1.54) is 0 Å². The molecule has 0 heterocycles. The van der Waals surface area contributed by atoms with Crippen molar-refractivity contribution in [2.45, 2.75) is 6.42 Å². The van der Waals surface area contributed by atoms with Gasteiger partial charge in [0.1, 0.15) is 5.75 Å². The van der Waals surface area contributed by atoms with Crippen molar-refractivity contribution in [1.29, 1.82) is 0 Å². The third-order valence-electron chi connectivity index (χ3n) is 2.37. The summed E-state index contributed by atoms with van der Waals surface area (Å²) in [7, 11) is 1.79. The van der Waals surface area contributed by atoms with Crippen LogP contribution in [-0.4, -0.2) is 43.6 Å². The van der Waals surface area contributed by atoms with Gasteiger partial charge in [-0.05, 0) is 25.6 Å². The van der Waals surface area contributed by atoms with Crippen LogP contribution < -0.4 is 15.8 Å². The van der Waals surface area contributed by atoms with E-state index in [-0.39, 0.29) is 6.54 Å². The highest BCUT2D eigenvalue weighted by Crippen LogP contribution is 2.08. The van der Waals surface area contributed by atoms with Crippen LogP contribution in [0.3, 0.4) is 0 Å². The number of rotatable bonds is 7. The van der Waals surface area contributed by atoms with E-state index >= 15 is 0 Å². The number of primary amides is 1. The second kappa shape index (κ2) is 8.10. The van der Waals surface area contributed by atoms with E-state index in [1.807, 2.05) is 35.6 Å². The average Bonchev–Trinajstić information content (AvgIpc) is 2.35. The molecule has 0 spiro atoms. The molecule has 0 aliphatic carbocycles. The van der Waals surface area contributed by atoms with E-state index in [9.17, 15) is 9.59 Å². The van der Waals surface area contributed by atoms with Crippen LogP contribution in [0.5, 0.6) is 5.75 Å². The number of para-hydroxylation sites is 1. The first kappa shape index (κ1) is 15.0. The highest BCUT2D eigenvalue weighted by atomic mass is 16.5. The molecule has 0 saturated carbocycles. The largest absolute Gasteiger partial charge is 0.494 e. The Bertz CT molecular complexity index is 409. The van der Waals surface area contributed by atoms with Crippen LogP contribution in [-0.2, 0) is 4.79 Å². The summed E-state index contributed by atoms with van der Waals surface area (Å²) in [6.07, 6.45) is 0.787. The number of ether oxygens (including phenoxy) is 1. The molecule has 0 aliphatic rings. The molecule has 3 amide bonds. The van der Waals surface area contributed by atoms with Gasteiger partial charge in [0.25, 0.3) is 0 Å². The van der Waals surface area contributed by atoms with Gasteiger partial charge in [-0.25, -0.2) is 4.79 Å². The fourth-order valence-corrected chi connectivity index (χ4v) is 1.54. The van der Waals surface area contributed by atoms with Crippen LogP contribution in [0.2, 0.25) is 0 Å². The number of benzene rings is 1. The summed E-state index contributed by atoms with van der Waals surface area (Å²) in [4.78, 5) is 23.5. The molecule has 0 aliphatic heterocycles. The quantitative estimate of drug-likeness (QED) is 0.706. The van der Waals surface area contributed by atoms with E-state index in [0.29, 0.717) is 13.2 Å². The Labute approximate surface area is 112 Å². The molecular weight excluding hydrogens is 246 g/mol. The first-order valence-electron chi connectivity index (χ1n) is 6.03. The number of nitrogens with one attached hydrogen (secondary N) is 1. The molecule has 104 valence electrons. The smallest absolute Gasteiger partial charge is 0.318 e. The number of hydrogen-bond acceptors (Lipinski definition) is 4. The summed E-state index contributed by atoms with van der Waals surface area (Å²) in [6, 6.07) is 8.71. The van der Waals surface area contributed by atoms with Gasteiger partial charge in [-0.3, -0.25) is 15.0 Å². The predicted octanol–water partition coefficient (Wildman–Crippen LogP) is 0.582. The second-order valence-electron chi connectivity index (χ2n) is 4.17. The standard InChI is InChI=1S/C13H19N3O3/c1-16(10-12(17)15-13(14)18)8-5-9-19-11-6-3-2-4-7-11/h2-4,6-7H,5,8-10H2,1H3,(H3,14,15,17,18). The molecule has 1 aromatic rings.